The van der Waals surface area contributed by atoms with E-state index in [2.05, 4.69) is 37.4 Å². The van der Waals surface area contributed by atoms with Crippen LogP contribution in [0.25, 0.3) is 0 Å². The van der Waals surface area contributed by atoms with Crippen molar-refractivity contribution in [2.75, 3.05) is 13.7 Å². The maximum atomic E-state index is 5.58. The highest BCUT2D eigenvalue weighted by molar-refractivity contribution is 7.11. The Morgan fingerprint density at radius 3 is 3.00 bits per heavy atom. The van der Waals surface area contributed by atoms with Crippen LogP contribution in [0.2, 0.25) is 0 Å². The second-order valence-electron chi connectivity index (χ2n) is 5.10. The number of aromatic nitrogens is 1. The molecule has 1 aromatic heterocycles. The van der Waals surface area contributed by atoms with Crippen LogP contribution in [-0.2, 0) is 12.8 Å². The molecule has 0 saturated carbocycles. The average molecular weight is 288 g/mol. The van der Waals surface area contributed by atoms with Gasteiger partial charge in [-0.1, -0.05) is 13.0 Å². The molecule has 0 fully saturated rings. The molecule has 20 heavy (non-hydrogen) atoms. The molecule has 3 rings (SSSR count). The van der Waals surface area contributed by atoms with Gasteiger partial charge < -0.3 is 10.1 Å². The summed E-state index contributed by atoms with van der Waals surface area (Å²) < 4.78 is 5.58. The molecule has 1 atom stereocenters. The number of hydrogen-bond donors (Lipinski definition) is 1. The van der Waals surface area contributed by atoms with Crippen LogP contribution in [0.4, 0.5) is 0 Å². The molecule has 106 valence electrons. The number of thiazole rings is 1. The highest BCUT2D eigenvalue weighted by Gasteiger charge is 2.20. The summed E-state index contributed by atoms with van der Waals surface area (Å²) in [6, 6.07) is 6.66. The Morgan fingerprint density at radius 1 is 1.45 bits per heavy atom. The van der Waals surface area contributed by atoms with Gasteiger partial charge in [-0.3, -0.25) is 0 Å². The number of nitrogens with zero attached hydrogens (tertiary/aromatic N) is 1. The van der Waals surface area contributed by atoms with Gasteiger partial charge in [0.2, 0.25) is 0 Å². The van der Waals surface area contributed by atoms with Crippen LogP contribution in [0.15, 0.2) is 18.2 Å². The van der Waals surface area contributed by atoms with E-state index in [-0.39, 0.29) is 6.04 Å². The summed E-state index contributed by atoms with van der Waals surface area (Å²) in [7, 11) is 2.00. The molecule has 0 radical (unpaired) electrons. The lowest BCUT2D eigenvalue weighted by molar-refractivity contribution is 0.357. The van der Waals surface area contributed by atoms with Gasteiger partial charge in [-0.25, -0.2) is 4.98 Å². The number of hydrogen-bond acceptors (Lipinski definition) is 4. The van der Waals surface area contributed by atoms with Crippen LogP contribution in [0.3, 0.4) is 0 Å². The predicted molar refractivity (Wildman–Crippen MR) is 82.8 cm³/mol. The first kappa shape index (κ1) is 13.6. The lowest BCUT2D eigenvalue weighted by atomic mass is 10.0. The zero-order chi connectivity index (χ0) is 14.1. The van der Waals surface area contributed by atoms with E-state index >= 15 is 0 Å². The second kappa shape index (κ2) is 5.54. The van der Waals surface area contributed by atoms with Gasteiger partial charge in [-0.05, 0) is 43.7 Å². The van der Waals surface area contributed by atoms with Crippen molar-refractivity contribution in [2.45, 2.75) is 32.7 Å². The molecule has 0 bridgehead atoms. The minimum atomic E-state index is 0.171. The Kier molecular flexibility index (Phi) is 3.76. The fraction of sp³-hybridized carbons (Fsp3) is 0.438. The van der Waals surface area contributed by atoms with E-state index < -0.39 is 0 Å². The van der Waals surface area contributed by atoms with Crippen molar-refractivity contribution in [3.8, 4) is 5.75 Å². The van der Waals surface area contributed by atoms with Crippen molar-refractivity contribution in [3.05, 3.63) is 44.9 Å². The van der Waals surface area contributed by atoms with E-state index in [1.807, 2.05) is 7.05 Å². The molecular formula is C16H20N2OS. The average Bonchev–Trinajstić information content (AvgIpc) is 3.05. The number of benzene rings is 1. The molecule has 4 heteroatoms. The van der Waals surface area contributed by atoms with Crippen LogP contribution in [0, 0.1) is 6.92 Å². The standard InChI is InChI=1S/C16H20N2OS/c1-4-13-10(2)20-16(18-13)15(17-3)12-5-6-14-11(9-12)7-8-19-14/h5-6,9,15,17H,4,7-8H2,1-3H3. The molecular weight excluding hydrogens is 268 g/mol. The summed E-state index contributed by atoms with van der Waals surface area (Å²) >= 11 is 1.79. The van der Waals surface area contributed by atoms with Crippen LogP contribution in [0.1, 0.15) is 39.7 Å². The van der Waals surface area contributed by atoms with Gasteiger partial charge in [0.15, 0.2) is 0 Å². The number of fused-ring (bicyclic) bond motifs is 1. The van der Waals surface area contributed by atoms with Crippen LogP contribution in [0.5, 0.6) is 5.75 Å². The van der Waals surface area contributed by atoms with Crippen molar-refractivity contribution >= 4 is 11.3 Å². The van der Waals surface area contributed by atoms with Gasteiger partial charge in [-0.2, -0.15) is 0 Å². The summed E-state index contributed by atoms with van der Waals surface area (Å²) in [5, 5.41) is 4.55. The minimum Gasteiger partial charge on any atom is -0.493 e. The molecule has 0 aliphatic carbocycles. The number of rotatable bonds is 4. The minimum absolute atomic E-state index is 0.171. The fourth-order valence-corrected chi connectivity index (χ4v) is 3.87. The van der Waals surface area contributed by atoms with E-state index in [1.165, 1.54) is 21.7 Å². The summed E-state index contributed by atoms with van der Waals surface area (Å²) in [5.41, 5.74) is 3.80. The topological polar surface area (TPSA) is 34.2 Å². The normalized spacial score (nSPS) is 14.9. The van der Waals surface area contributed by atoms with Gasteiger partial charge >= 0.3 is 0 Å². The van der Waals surface area contributed by atoms with Crippen molar-refractivity contribution in [1.29, 1.82) is 0 Å². The monoisotopic (exact) mass is 288 g/mol. The van der Waals surface area contributed by atoms with Crippen LogP contribution in [-0.4, -0.2) is 18.6 Å². The Morgan fingerprint density at radius 2 is 2.30 bits per heavy atom. The van der Waals surface area contributed by atoms with Gasteiger partial charge in [0, 0.05) is 11.3 Å². The molecule has 2 aromatic rings. The number of ether oxygens (including phenoxy) is 1. The highest BCUT2D eigenvalue weighted by atomic mass is 32.1. The molecule has 1 N–H and O–H groups in total. The summed E-state index contributed by atoms with van der Waals surface area (Å²) in [6.07, 6.45) is 2.01. The summed E-state index contributed by atoms with van der Waals surface area (Å²) in [4.78, 5) is 6.12. The molecule has 0 amide bonds. The molecule has 0 spiro atoms. The first-order valence-corrected chi connectivity index (χ1v) is 7.93. The lowest BCUT2D eigenvalue weighted by Gasteiger charge is -2.15. The second-order valence-corrected chi connectivity index (χ2v) is 6.33. The largest absolute Gasteiger partial charge is 0.493 e. The Hall–Kier alpha value is -1.39. The first-order chi connectivity index (χ1) is 9.72. The van der Waals surface area contributed by atoms with Gasteiger partial charge in [0.25, 0.3) is 0 Å². The quantitative estimate of drug-likeness (QED) is 0.937. The molecule has 1 aliphatic heterocycles. The Balaban J connectivity index is 1.96. The van der Waals surface area contributed by atoms with E-state index in [0.29, 0.717) is 0 Å². The van der Waals surface area contributed by atoms with Crippen molar-refractivity contribution in [1.82, 2.24) is 10.3 Å². The summed E-state index contributed by atoms with van der Waals surface area (Å²) in [6.45, 7) is 5.12. The number of aryl methyl sites for hydroxylation is 2. The smallest absolute Gasteiger partial charge is 0.122 e. The van der Waals surface area contributed by atoms with Crippen molar-refractivity contribution in [3.63, 3.8) is 0 Å². The van der Waals surface area contributed by atoms with E-state index in [9.17, 15) is 0 Å². The third-order valence-electron chi connectivity index (χ3n) is 3.83. The molecule has 1 aromatic carbocycles. The van der Waals surface area contributed by atoms with Gasteiger partial charge in [0.05, 0.1) is 18.3 Å². The van der Waals surface area contributed by atoms with Crippen molar-refractivity contribution in [2.24, 2.45) is 0 Å². The highest BCUT2D eigenvalue weighted by Crippen LogP contribution is 2.32. The predicted octanol–water partition coefficient (Wildman–Crippen LogP) is 3.26. The van der Waals surface area contributed by atoms with E-state index in [4.69, 9.17) is 9.72 Å². The molecule has 3 nitrogen and oxygen atoms in total. The molecule has 1 aliphatic rings. The van der Waals surface area contributed by atoms with Crippen LogP contribution >= 0.6 is 11.3 Å². The maximum absolute atomic E-state index is 5.58. The zero-order valence-corrected chi connectivity index (χ0v) is 13.0. The SMILES string of the molecule is CCc1nc(C(NC)c2ccc3c(c2)CCO3)sc1C. The molecule has 1 unspecified atom stereocenters. The third-order valence-corrected chi connectivity index (χ3v) is 4.90. The van der Waals surface area contributed by atoms with Gasteiger partial charge in [-0.15, -0.1) is 11.3 Å². The zero-order valence-electron chi connectivity index (χ0n) is 12.2. The van der Waals surface area contributed by atoms with Crippen LogP contribution < -0.4 is 10.1 Å². The Labute approximate surface area is 124 Å². The third kappa shape index (κ3) is 2.34. The number of nitrogens with one attached hydrogen (secondary N) is 1. The van der Waals surface area contributed by atoms with E-state index in [1.54, 1.807) is 11.3 Å². The lowest BCUT2D eigenvalue weighted by Crippen LogP contribution is -2.17. The molecule has 2 heterocycles. The first-order valence-electron chi connectivity index (χ1n) is 7.12. The molecule has 0 saturated heterocycles. The van der Waals surface area contributed by atoms with Gasteiger partial charge in [0.1, 0.15) is 10.8 Å². The van der Waals surface area contributed by atoms with Crippen molar-refractivity contribution < 1.29 is 4.74 Å². The Bertz CT molecular complexity index is 621. The maximum Gasteiger partial charge on any atom is 0.122 e. The summed E-state index contributed by atoms with van der Waals surface area (Å²) in [5.74, 6) is 1.04. The fourth-order valence-electron chi connectivity index (χ4n) is 2.72. The van der Waals surface area contributed by atoms with E-state index in [0.717, 1.165) is 30.2 Å².